The number of carbonyl (C=O) groups excluding carboxylic acids is 1. The number of nitrogens with two attached hydrogens (primary N) is 1. The number of carbonyl (C=O) groups is 1. The first-order valence-corrected chi connectivity index (χ1v) is 7.84. The Balaban J connectivity index is 0.00000208. The molecule has 1 aliphatic carbocycles. The van der Waals surface area contributed by atoms with E-state index < -0.39 is 5.54 Å². The van der Waals surface area contributed by atoms with E-state index >= 15 is 0 Å². The van der Waals surface area contributed by atoms with Crippen molar-refractivity contribution >= 4 is 18.3 Å². The molecule has 1 saturated carbocycles. The van der Waals surface area contributed by atoms with E-state index in [1.807, 2.05) is 0 Å². The monoisotopic (exact) mass is 353 g/mol. The number of nitrogens with zero attached hydrogens (tertiary/aromatic N) is 1. The van der Waals surface area contributed by atoms with Crippen LogP contribution < -0.4 is 11.1 Å². The van der Waals surface area contributed by atoms with Crippen LogP contribution in [-0.2, 0) is 11.2 Å². The van der Waals surface area contributed by atoms with Gasteiger partial charge in [-0.3, -0.25) is 4.79 Å². The molecule has 0 radical (unpaired) electrons. The fraction of sp³-hybridized carbons (Fsp3) is 0.412. The van der Waals surface area contributed by atoms with Crippen molar-refractivity contribution in [3.05, 3.63) is 42.0 Å². The van der Waals surface area contributed by atoms with Gasteiger partial charge in [0.05, 0.1) is 11.2 Å². The third kappa shape index (κ3) is 4.13. The normalized spacial score (nSPS) is 15.8. The molecule has 1 heterocycles. The fourth-order valence-corrected chi connectivity index (χ4v) is 2.86. The van der Waals surface area contributed by atoms with Crippen molar-refractivity contribution in [2.24, 2.45) is 5.73 Å². The Hall–Kier alpha value is -1.92. The second-order valence-corrected chi connectivity index (χ2v) is 6.02. The minimum absolute atomic E-state index is 0. The summed E-state index contributed by atoms with van der Waals surface area (Å²) in [6.45, 7) is 0.465. The molecule has 0 unspecified atom stereocenters. The summed E-state index contributed by atoms with van der Waals surface area (Å²) < 4.78 is 18.3. The maximum atomic E-state index is 12.9. The maximum absolute atomic E-state index is 12.9. The van der Waals surface area contributed by atoms with Crippen LogP contribution in [0, 0.1) is 5.82 Å². The minimum Gasteiger partial charge on any atom is -0.444 e. The van der Waals surface area contributed by atoms with E-state index in [4.69, 9.17) is 10.2 Å². The van der Waals surface area contributed by atoms with Crippen LogP contribution in [0.4, 0.5) is 4.39 Å². The number of amides is 1. The van der Waals surface area contributed by atoms with Crippen LogP contribution in [-0.4, -0.2) is 23.0 Å². The van der Waals surface area contributed by atoms with Crippen LogP contribution in [0.1, 0.15) is 31.4 Å². The predicted molar refractivity (Wildman–Crippen MR) is 91.2 cm³/mol. The first kappa shape index (κ1) is 18.4. The van der Waals surface area contributed by atoms with Crippen LogP contribution in [0.3, 0.4) is 0 Å². The van der Waals surface area contributed by atoms with Crippen molar-refractivity contribution in [2.75, 3.05) is 6.54 Å². The number of hydrogen-bond acceptors (Lipinski definition) is 4. The average molecular weight is 354 g/mol. The summed E-state index contributed by atoms with van der Waals surface area (Å²) in [7, 11) is 0. The van der Waals surface area contributed by atoms with Gasteiger partial charge in [-0.2, -0.15) is 0 Å². The number of aromatic nitrogens is 1. The van der Waals surface area contributed by atoms with Gasteiger partial charge in [0, 0.05) is 18.5 Å². The highest BCUT2D eigenvalue weighted by Crippen LogP contribution is 2.27. The Labute approximate surface area is 146 Å². The topological polar surface area (TPSA) is 81.2 Å². The lowest BCUT2D eigenvalue weighted by atomic mass is 9.98. The van der Waals surface area contributed by atoms with Crippen molar-refractivity contribution in [3.8, 4) is 11.5 Å². The average Bonchev–Trinajstić information content (AvgIpc) is 3.18. The van der Waals surface area contributed by atoms with E-state index in [9.17, 15) is 9.18 Å². The lowest BCUT2D eigenvalue weighted by Gasteiger charge is -2.21. The molecule has 0 aliphatic heterocycles. The van der Waals surface area contributed by atoms with Crippen LogP contribution in [0.15, 0.2) is 34.9 Å². The molecule has 0 saturated heterocycles. The van der Waals surface area contributed by atoms with Gasteiger partial charge >= 0.3 is 0 Å². The van der Waals surface area contributed by atoms with Gasteiger partial charge in [-0.15, -0.1) is 12.4 Å². The molecule has 2 aromatic rings. The molecule has 130 valence electrons. The van der Waals surface area contributed by atoms with Crippen LogP contribution in [0.2, 0.25) is 0 Å². The summed E-state index contributed by atoms with van der Waals surface area (Å²) in [5.41, 5.74) is 6.85. The molecule has 1 fully saturated rings. The largest absolute Gasteiger partial charge is 0.444 e. The van der Waals surface area contributed by atoms with E-state index in [1.165, 1.54) is 12.1 Å². The zero-order valence-corrected chi connectivity index (χ0v) is 14.1. The number of benzene rings is 1. The van der Waals surface area contributed by atoms with E-state index in [2.05, 4.69) is 10.3 Å². The lowest BCUT2D eigenvalue weighted by molar-refractivity contribution is -0.126. The molecule has 1 aromatic heterocycles. The quantitative estimate of drug-likeness (QED) is 0.866. The van der Waals surface area contributed by atoms with E-state index in [0.29, 0.717) is 24.4 Å². The first-order chi connectivity index (χ1) is 11.1. The van der Waals surface area contributed by atoms with Gasteiger partial charge in [-0.1, -0.05) is 12.8 Å². The maximum Gasteiger partial charge on any atom is 0.240 e. The predicted octanol–water partition coefficient (Wildman–Crippen LogP) is 2.83. The summed E-state index contributed by atoms with van der Waals surface area (Å²) in [5, 5.41) is 2.87. The number of rotatable bonds is 5. The molecule has 0 bridgehead atoms. The van der Waals surface area contributed by atoms with Gasteiger partial charge in [0.2, 0.25) is 11.8 Å². The number of hydrogen-bond donors (Lipinski definition) is 2. The summed E-state index contributed by atoms with van der Waals surface area (Å²) in [4.78, 5) is 16.5. The number of halogens is 2. The van der Waals surface area contributed by atoms with Gasteiger partial charge in [0.15, 0.2) is 0 Å². The second kappa shape index (κ2) is 7.77. The molecule has 3 N–H and O–H groups in total. The standard InChI is InChI=1S/C17H20FN3O2.ClH/c18-13-5-3-12(4-6-13)15-21-14(11-23-15)7-10-20-16(22)17(19)8-1-2-9-17;/h3-6,11H,1-2,7-10,19H2,(H,20,22);1H. The third-order valence-corrected chi connectivity index (χ3v) is 4.26. The number of oxazole rings is 1. The summed E-state index contributed by atoms with van der Waals surface area (Å²) in [6, 6.07) is 5.96. The highest BCUT2D eigenvalue weighted by atomic mass is 35.5. The highest BCUT2D eigenvalue weighted by Gasteiger charge is 2.36. The zero-order chi connectivity index (χ0) is 16.3. The van der Waals surface area contributed by atoms with E-state index in [1.54, 1.807) is 18.4 Å². The second-order valence-electron chi connectivity index (χ2n) is 6.02. The van der Waals surface area contributed by atoms with Crippen molar-refractivity contribution in [2.45, 2.75) is 37.6 Å². The molecular formula is C17H21ClFN3O2. The molecule has 24 heavy (non-hydrogen) atoms. The Kier molecular flexibility index (Phi) is 5.96. The Morgan fingerprint density at radius 3 is 2.62 bits per heavy atom. The van der Waals surface area contributed by atoms with Gasteiger partial charge in [0.25, 0.3) is 0 Å². The van der Waals surface area contributed by atoms with E-state index in [-0.39, 0.29) is 24.1 Å². The third-order valence-electron chi connectivity index (χ3n) is 4.26. The molecule has 1 amide bonds. The Morgan fingerprint density at radius 2 is 1.96 bits per heavy atom. The van der Waals surface area contributed by atoms with Gasteiger partial charge in [0.1, 0.15) is 12.1 Å². The Bertz CT molecular complexity index is 681. The van der Waals surface area contributed by atoms with Crippen LogP contribution in [0.5, 0.6) is 0 Å². The lowest BCUT2D eigenvalue weighted by Crippen LogP contribution is -2.52. The van der Waals surface area contributed by atoms with Crippen molar-refractivity contribution in [1.82, 2.24) is 10.3 Å². The molecular weight excluding hydrogens is 333 g/mol. The smallest absolute Gasteiger partial charge is 0.240 e. The van der Waals surface area contributed by atoms with Gasteiger partial charge in [-0.25, -0.2) is 9.37 Å². The zero-order valence-electron chi connectivity index (χ0n) is 13.3. The minimum atomic E-state index is -0.705. The van der Waals surface area contributed by atoms with Gasteiger partial charge in [-0.05, 0) is 37.1 Å². The summed E-state index contributed by atoms with van der Waals surface area (Å²) >= 11 is 0. The molecule has 3 rings (SSSR count). The first-order valence-electron chi connectivity index (χ1n) is 7.84. The van der Waals surface area contributed by atoms with Crippen LogP contribution in [0.25, 0.3) is 11.5 Å². The fourth-order valence-electron chi connectivity index (χ4n) is 2.86. The Morgan fingerprint density at radius 1 is 1.29 bits per heavy atom. The van der Waals surface area contributed by atoms with Crippen molar-refractivity contribution in [3.63, 3.8) is 0 Å². The summed E-state index contributed by atoms with van der Waals surface area (Å²) in [5.74, 6) is 0.0561. The molecule has 1 aliphatic rings. The molecule has 5 nitrogen and oxygen atoms in total. The number of nitrogens with one attached hydrogen (secondary N) is 1. The van der Waals surface area contributed by atoms with Gasteiger partial charge < -0.3 is 15.5 Å². The van der Waals surface area contributed by atoms with E-state index in [0.717, 1.165) is 31.4 Å². The molecule has 0 atom stereocenters. The van der Waals surface area contributed by atoms with Crippen molar-refractivity contribution in [1.29, 1.82) is 0 Å². The summed E-state index contributed by atoms with van der Waals surface area (Å²) in [6.07, 6.45) is 5.63. The highest BCUT2D eigenvalue weighted by molar-refractivity contribution is 5.86. The van der Waals surface area contributed by atoms with Crippen molar-refractivity contribution < 1.29 is 13.6 Å². The SMILES string of the molecule is Cl.NC1(C(=O)NCCc2coc(-c3ccc(F)cc3)n2)CCCC1. The molecule has 1 aromatic carbocycles. The molecule has 0 spiro atoms. The van der Waals surface area contributed by atoms with Crippen LogP contribution >= 0.6 is 12.4 Å². The molecule has 7 heteroatoms.